The Morgan fingerprint density at radius 1 is 1.18 bits per heavy atom. The van der Waals surface area contributed by atoms with Gasteiger partial charge >= 0.3 is 0 Å². The number of anilines is 1. The quantitative estimate of drug-likeness (QED) is 0.319. The van der Waals surface area contributed by atoms with Gasteiger partial charge in [-0.2, -0.15) is 5.10 Å². The van der Waals surface area contributed by atoms with Crippen LogP contribution in [0, 0.1) is 18.7 Å². The normalized spacial score (nSPS) is 22.4. The second kappa shape index (κ2) is 8.73. The van der Waals surface area contributed by atoms with Gasteiger partial charge in [0, 0.05) is 33.5 Å². The number of halogens is 1. The third-order valence-corrected chi connectivity index (χ3v) is 9.87. The topological polar surface area (TPSA) is 86.1 Å². The Hall–Kier alpha value is -3.59. The summed E-state index contributed by atoms with van der Waals surface area (Å²) in [5.41, 5.74) is 2.10. The molecular weight excluding hydrogens is 503 g/mol. The van der Waals surface area contributed by atoms with E-state index >= 15 is 4.39 Å². The summed E-state index contributed by atoms with van der Waals surface area (Å²) in [6, 6.07) is 10.5. The van der Waals surface area contributed by atoms with E-state index in [0.29, 0.717) is 33.8 Å². The molecule has 0 spiro atoms. The summed E-state index contributed by atoms with van der Waals surface area (Å²) in [5, 5.41) is 8.22. The van der Waals surface area contributed by atoms with Crippen molar-refractivity contribution >= 4 is 33.3 Å². The molecule has 9 heteroatoms. The molecule has 4 aromatic rings. The molecule has 7 nitrogen and oxygen atoms in total. The van der Waals surface area contributed by atoms with E-state index in [1.54, 1.807) is 37.5 Å². The highest BCUT2D eigenvalue weighted by atomic mass is 32.2. The van der Waals surface area contributed by atoms with Crippen molar-refractivity contribution in [1.82, 2.24) is 14.8 Å². The Bertz CT molecular complexity index is 1610. The standard InChI is InChI=1S/C29H27FN4O3S/c1-17-25(37-26-8-9-31-24-6-5-22(11-23(24)26)38(36)21-3-4-21)7-2-19(28(17)30)10-27(35)33-20-15-32-34(16-20)29-12-18(13-29)14-29/h2,5-9,11,15-16,18,21H,3-4,10,12-14H2,1H3,(H,33,35). The van der Waals surface area contributed by atoms with Crippen molar-refractivity contribution in [3.63, 3.8) is 0 Å². The van der Waals surface area contributed by atoms with E-state index < -0.39 is 16.6 Å². The number of carbonyl (C=O) groups is 1. The molecule has 38 heavy (non-hydrogen) atoms. The molecule has 4 fully saturated rings. The van der Waals surface area contributed by atoms with E-state index in [2.05, 4.69) is 15.4 Å². The van der Waals surface area contributed by atoms with E-state index in [0.717, 1.165) is 48.3 Å². The zero-order valence-electron chi connectivity index (χ0n) is 20.9. The fourth-order valence-corrected chi connectivity index (χ4v) is 7.00. The van der Waals surface area contributed by atoms with Gasteiger partial charge in [0.1, 0.15) is 17.3 Å². The minimum atomic E-state index is -1.05. The lowest BCUT2D eigenvalue weighted by Crippen LogP contribution is -2.59. The van der Waals surface area contributed by atoms with Crippen molar-refractivity contribution in [2.75, 3.05) is 5.32 Å². The van der Waals surface area contributed by atoms with Gasteiger partial charge in [0.05, 0.1) is 40.2 Å². The molecular formula is C29H27FN4O3S. The van der Waals surface area contributed by atoms with Crippen molar-refractivity contribution in [3.8, 4) is 11.5 Å². The summed E-state index contributed by atoms with van der Waals surface area (Å²) in [4.78, 5) is 17.8. The largest absolute Gasteiger partial charge is 0.456 e. The molecule has 2 aromatic carbocycles. The average Bonchev–Trinajstić information content (AvgIpc) is 3.61. The van der Waals surface area contributed by atoms with Crippen molar-refractivity contribution in [3.05, 3.63) is 71.9 Å². The first-order valence-electron chi connectivity index (χ1n) is 13.0. The monoisotopic (exact) mass is 530 g/mol. The fourth-order valence-electron chi connectivity index (χ4n) is 5.62. The van der Waals surface area contributed by atoms with E-state index in [1.165, 1.54) is 0 Å². The second-order valence-electron chi connectivity index (χ2n) is 10.8. The molecule has 4 aliphatic rings. The number of carbonyl (C=O) groups excluding carboxylic acids is 1. The summed E-state index contributed by atoms with van der Waals surface area (Å²) < 4.78 is 36.1. The lowest BCUT2D eigenvalue weighted by molar-refractivity contribution is -0.115. The third kappa shape index (κ3) is 4.00. The Kier molecular flexibility index (Phi) is 5.40. The van der Waals surface area contributed by atoms with Crippen molar-refractivity contribution < 1.29 is 18.1 Å². The highest BCUT2D eigenvalue weighted by Crippen LogP contribution is 2.62. The van der Waals surface area contributed by atoms with Crippen LogP contribution in [0.5, 0.6) is 11.5 Å². The maximum Gasteiger partial charge on any atom is 0.228 e. The molecule has 4 aliphatic carbocycles. The Balaban J connectivity index is 1.07. The van der Waals surface area contributed by atoms with Gasteiger partial charge in [-0.15, -0.1) is 0 Å². The molecule has 0 aliphatic heterocycles. The van der Waals surface area contributed by atoms with Crippen LogP contribution < -0.4 is 10.1 Å². The predicted octanol–water partition coefficient (Wildman–Crippen LogP) is 5.63. The molecule has 2 bridgehead atoms. The average molecular weight is 531 g/mol. The predicted molar refractivity (Wildman–Crippen MR) is 142 cm³/mol. The summed E-state index contributed by atoms with van der Waals surface area (Å²) in [6.07, 6.45) is 10.5. The Morgan fingerprint density at radius 3 is 2.74 bits per heavy atom. The first-order chi connectivity index (χ1) is 18.4. The highest BCUT2D eigenvalue weighted by Gasteiger charge is 2.58. The molecule has 1 atom stereocenters. The molecule has 1 unspecified atom stereocenters. The molecule has 1 amide bonds. The van der Waals surface area contributed by atoms with Crippen LogP contribution in [0.1, 0.15) is 43.2 Å². The van der Waals surface area contributed by atoms with Crippen molar-refractivity contribution in [2.24, 2.45) is 5.92 Å². The highest BCUT2D eigenvalue weighted by molar-refractivity contribution is 7.86. The number of benzene rings is 2. The van der Waals surface area contributed by atoms with E-state index in [4.69, 9.17) is 4.74 Å². The molecule has 0 saturated heterocycles. The maximum atomic E-state index is 15.3. The number of fused-ring (bicyclic) bond motifs is 1. The lowest BCUT2D eigenvalue weighted by atomic mass is 9.50. The molecule has 2 heterocycles. The first-order valence-corrected chi connectivity index (χ1v) is 14.2. The van der Waals surface area contributed by atoms with Crippen LogP contribution in [0.15, 0.2) is 59.9 Å². The van der Waals surface area contributed by atoms with Crippen LogP contribution in [0.25, 0.3) is 10.9 Å². The molecule has 1 N–H and O–H groups in total. The number of rotatable bonds is 8. The molecule has 0 radical (unpaired) electrons. The number of pyridine rings is 1. The number of nitrogens with zero attached hydrogens (tertiary/aromatic N) is 3. The Labute approximate surface area is 221 Å². The van der Waals surface area contributed by atoms with Crippen molar-refractivity contribution in [2.45, 2.75) is 61.1 Å². The van der Waals surface area contributed by atoms with Crippen LogP contribution in [0.2, 0.25) is 0 Å². The Morgan fingerprint density at radius 2 is 2.00 bits per heavy atom. The van der Waals surface area contributed by atoms with Gasteiger partial charge in [-0.1, -0.05) is 6.07 Å². The van der Waals surface area contributed by atoms with Gasteiger partial charge in [0.2, 0.25) is 5.91 Å². The molecule has 4 saturated carbocycles. The van der Waals surface area contributed by atoms with E-state index in [9.17, 15) is 9.00 Å². The van der Waals surface area contributed by atoms with Crippen LogP contribution >= 0.6 is 0 Å². The zero-order chi connectivity index (χ0) is 26.0. The van der Waals surface area contributed by atoms with Gasteiger partial charge in [-0.05, 0) is 80.8 Å². The fraction of sp³-hybridized carbons (Fsp3) is 0.345. The van der Waals surface area contributed by atoms with Crippen LogP contribution in [0.4, 0.5) is 10.1 Å². The van der Waals surface area contributed by atoms with Gasteiger partial charge in [-0.3, -0.25) is 18.7 Å². The maximum absolute atomic E-state index is 15.3. The molecule has 2 aromatic heterocycles. The van der Waals surface area contributed by atoms with Gasteiger partial charge in [-0.25, -0.2) is 4.39 Å². The number of hydrogen-bond donors (Lipinski definition) is 1. The summed E-state index contributed by atoms with van der Waals surface area (Å²) in [5.74, 6) is 0.927. The molecule has 8 rings (SSSR count). The second-order valence-corrected chi connectivity index (χ2v) is 12.6. The summed E-state index contributed by atoms with van der Waals surface area (Å²) in [6.45, 7) is 1.64. The number of amides is 1. The van der Waals surface area contributed by atoms with Gasteiger partial charge in [0.25, 0.3) is 0 Å². The number of aromatic nitrogens is 3. The minimum absolute atomic E-state index is 0.0973. The van der Waals surface area contributed by atoms with Crippen LogP contribution in [-0.2, 0) is 27.6 Å². The van der Waals surface area contributed by atoms with E-state index in [1.807, 2.05) is 29.1 Å². The summed E-state index contributed by atoms with van der Waals surface area (Å²) in [7, 11) is -1.05. The number of ether oxygens (including phenoxy) is 1. The minimum Gasteiger partial charge on any atom is -0.456 e. The third-order valence-electron chi connectivity index (χ3n) is 8.08. The SMILES string of the molecule is Cc1c(Oc2ccnc3ccc(S(=O)C4CC4)cc23)ccc(CC(=O)Nc2cnn(C34CC(C3)C4)c2)c1F. The van der Waals surface area contributed by atoms with Crippen LogP contribution in [-0.4, -0.2) is 30.1 Å². The smallest absolute Gasteiger partial charge is 0.228 e. The summed E-state index contributed by atoms with van der Waals surface area (Å²) >= 11 is 0. The van der Waals surface area contributed by atoms with Crippen molar-refractivity contribution in [1.29, 1.82) is 0 Å². The number of nitrogens with one attached hydrogen (secondary N) is 1. The zero-order valence-corrected chi connectivity index (χ0v) is 21.8. The lowest BCUT2D eigenvalue weighted by Gasteiger charge is -2.61. The van der Waals surface area contributed by atoms with Gasteiger partial charge < -0.3 is 10.1 Å². The van der Waals surface area contributed by atoms with Gasteiger partial charge in [0.15, 0.2) is 0 Å². The van der Waals surface area contributed by atoms with E-state index in [-0.39, 0.29) is 23.1 Å². The number of hydrogen-bond acceptors (Lipinski definition) is 5. The molecule has 194 valence electrons. The first kappa shape index (κ1) is 23.5. The van der Waals surface area contributed by atoms with Crippen LogP contribution in [0.3, 0.4) is 0 Å².